The van der Waals surface area contributed by atoms with Crippen molar-refractivity contribution in [3.8, 4) is 0 Å². The van der Waals surface area contributed by atoms with Crippen molar-refractivity contribution in [2.24, 2.45) is 0 Å². The minimum atomic E-state index is -0.0324. The Bertz CT molecular complexity index is 1220. The Morgan fingerprint density at radius 2 is 1.91 bits per heavy atom. The second kappa shape index (κ2) is 10.0. The van der Waals surface area contributed by atoms with Crippen LogP contribution in [0.1, 0.15) is 47.3 Å². The summed E-state index contributed by atoms with van der Waals surface area (Å²) in [5.74, 6) is 0.815. The van der Waals surface area contributed by atoms with Crippen molar-refractivity contribution in [3.05, 3.63) is 89.1 Å². The molecule has 0 aliphatic carbocycles. The number of nitrogens with zero attached hydrogens (tertiary/aromatic N) is 3. The monoisotopic (exact) mass is 444 g/mol. The van der Waals surface area contributed by atoms with Crippen LogP contribution in [0.5, 0.6) is 0 Å². The largest absolute Gasteiger partial charge is 0.350 e. The van der Waals surface area contributed by atoms with Crippen LogP contribution in [0, 0.1) is 6.92 Å². The molecule has 2 aromatic heterocycles. The normalized spacial score (nSPS) is 12.1. The molecule has 2 aromatic carbocycles. The first-order valence-electron chi connectivity index (χ1n) is 10.9. The molecule has 0 fully saturated rings. The van der Waals surface area contributed by atoms with Gasteiger partial charge in [-0.2, -0.15) is 0 Å². The summed E-state index contributed by atoms with van der Waals surface area (Å²) in [5.41, 5.74) is 6.08. The third kappa shape index (κ3) is 5.19. The molecular weight excluding hydrogens is 416 g/mol. The summed E-state index contributed by atoms with van der Waals surface area (Å²) in [6, 6.07) is 20.4. The van der Waals surface area contributed by atoms with E-state index in [9.17, 15) is 4.79 Å². The Morgan fingerprint density at radius 3 is 2.66 bits per heavy atom. The van der Waals surface area contributed by atoms with Gasteiger partial charge in [0.1, 0.15) is 5.52 Å². The molecule has 0 spiro atoms. The molecule has 1 N–H and O–H groups in total. The van der Waals surface area contributed by atoms with E-state index < -0.39 is 0 Å². The molecule has 5 nitrogen and oxygen atoms in total. The fourth-order valence-corrected chi connectivity index (χ4v) is 4.44. The zero-order chi connectivity index (χ0) is 22.5. The summed E-state index contributed by atoms with van der Waals surface area (Å²) < 4.78 is 2.16. The van der Waals surface area contributed by atoms with Crippen LogP contribution in [0.3, 0.4) is 0 Å². The molecule has 0 saturated carbocycles. The predicted octanol–water partition coefficient (Wildman–Crippen LogP) is 5.61. The number of carbonyl (C=O) groups excluding carboxylic acids is 1. The average molecular weight is 445 g/mol. The first-order chi connectivity index (χ1) is 15.5. The molecule has 164 valence electrons. The lowest BCUT2D eigenvalue weighted by molar-refractivity contribution is 0.0939. The average Bonchev–Trinajstić information content (AvgIpc) is 3.15. The highest BCUT2D eigenvalue weighted by Gasteiger charge is 2.14. The van der Waals surface area contributed by atoms with Gasteiger partial charge in [-0.15, -0.1) is 0 Å². The molecule has 0 bridgehead atoms. The number of carbonyl (C=O) groups is 1. The smallest absolute Gasteiger partial charge is 0.251 e. The second-order valence-corrected chi connectivity index (χ2v) is 9.03. The molecular formula is C26H28N4OS. The molecule has 4 aromatic rings. The van der Waals surface area contributed by atoms with Gasteiger partial charge in [-0.1, -0.05) is 60.6 Å². The zero-order valence-corrected chi connectivity index (χ0v) is 19.5. The van der Waals surface area contributed by atoms with Gasteiger partial charge in [0, 0.05) is 23.6 Å². The summed E-state index contributed by atoms with van der Waals surface area (Å²) in [6.45, 7) is 6.84. The first-order valence-corrected chi connectivity index (χ1v) is 11.9. The molecule has 0 saturated heterocycles. The molecule has 6 heteroatoms. The van der Waals surface area contributed by atoms with Crippen LogP contribution in [0.2, 0.25) is 0 Å². The van der Waals surface area contributed by atoms with Crippen molar-refractivity contribution in [2.45, 2.75) is 50.7 Å². The number of pyridine rings is 1. The first kappa shape index (κ1) is 22.1. The van der Waals surface area contributed by atoms with Gasteiger partial charge >= 0.3 is 0 Å². The lowest BCUT2D eigenvalue weighted by atomic mass is 10.1. The highest BCUT2D eigenvalue weighted by Crippen LogP contribution is 2.27. The molecule has 4 rings (SSSR count). The summed E-state index contributed by atoms with van der Waals surface area (Å²) in [5, 5.41) is 3.96. The number of nitrogens with one attached hydrogen (secondary N) is 1. The number of hydrogen-bond acceptors (Lipinski definition) is 4. The van der Waals surface area contributed by atoms with Crippen LogP contribution in [0.15, 0.2) is 72.0 Å². The van der Waals surface area contributed by atoms with Crippen LogP contribution in [0.4, 0.5) is 0 Å². The molecule has 1 atom stereocenters. The Labute approximate surface area is 193 Å². The lowest BCUT2D eigenvalue weighted by Crippen LogP contribution is -2.31. The van der Waals surface area contributed by atoms with Crippen LogP contribution >= 0.6 is 11.8 Å². The SMILES string of the molecule is CC[C@@H](C)NC(=O)c1ccc(Cn2c(SCc3cccc(C)c3)nc3cccnc32)cc1. The van der Waals surface area contributed by atoms with Gasteiger partial charge in [0.15, 0.2) is 10.8 Å². The second-order valence-electron chi connectivity index (χ2n) is 8.08. The van der Waals surface area contributed by atoms with Gasteiger partial charge in [0.05, 0.1) is 6.54 Å². The maximum atomic E-state index is 12.4. The number of fused-ring (bicyclic) bond motifs is 1. The summed E-state index contributed by atoms with van der Waals surface area (Å²) >= 11 is 1.72. The molecule has 0 aliphatic rings. The van der Waals surface area contributed by atoms with Crippen molar-refractivity contribution in [3.63, 3.8) is 0 Å². The number of benzene rings is 2. The number of amides is 1. The van der Waals surface area contributed by atoms with Gasteiger partial charge in [0.2, 0.25) is 0 Å². The number of thioether (sulfide) groups is 1. The van der Waals surface area contributed by atoms with Crippen molar-refractivity contribution < 1.29 is 4.79 Å². The number of rotatable bonds is 8. The fourth-order valence-electron chi connectivity index (χ4n) is 3.49. The molecule has 0 radical (unpaired) electrons. The zero-order valence-electron chi connectivity index (χ0n) is 18.7. The van der Waals surface area contributed by atoms with Crippen LogP contribution in [0.25, 0.3) is 11.2 Å². The van der Waals surface area contributed by atoms with E-state index in [0.29, 0.717) is 12.1 Å². The van der Waals surface area contributed by atoms with Gasteiger partial charge in [-0.3, -0.25) is 9.36 Å². The predicted molar refractivity (Wildman–Crippen MR) is 131 cm³/mol. The Kier molecular flexibility index (Phi) is 6.90. The Balaban J connectivity index is 1.55. The quantitative estimate of drug-likeness (QED) is 0.359. The van der Waals surface area contributed by atoms with E-state index in [0.717, 1.165) is 34.1 Å². The van der Waals surface area contributed by atoms with E-state index in [-0.39, 0.29) is 11.9 Å². The lowest BCUT2D eigenvalue weighted by Gasteiger charge is -2.12. The third-order valence-corrected chi connectivity index (χ3v) is 6.51. The number of hydrogen-bond donors (Lipinski definition) is 1. The Morgan fingerprint density at radius 1 is 1.09 bits per heavy atom. The molecule has 0 aliphatic heterocycles. The number of imidazole rings is 1. The third-order valence-electron chi connectivity index (χ3n) is 5.47. The van der Waals surface area contributed by atoms with Gasteiger partial charge in [-0.05, 0) is 55.7 Å². The molecule has 2 heterocycles. The van der Waals surface area contributed by atoms with E-state index in [1.54, 1.807) is 18.0 Å². The van der Waals surface area contributed by atoms with E-state index in [1.807, 2.05) is 43.3 Å². The van der Waals surface area contributed by atoms with Crippen LogP contribution < -0.4 is 5.32 Å². The fraction of sp³-hybridized carbons (Fsp3) is 0.269. The van der Waals surface area contributed by atoms with Gasteiger partial charge in [-0.25, -0.2) is 9.97 Å². The summed E-state index contributed by atoms with van der Waals surface area (Å²) in [6.07, 6.45) is 2.71. The van der Waals surface area contributed by atoms with Crippen LogP contribution in [-0.4, -0.2) is 26.5 Å². The molecule has 0 unspecified atom stereocenters. The van der Waals surface area contributed by atoms with Crippen molar-refractivity contribution in [1.29, 1.82) is 0 Å². The standard InChI is InChI=1S/C26H28N4OS/c1-4-19(3)28-25(31)22-12-10-20(11-13-22)16-30-24-23(9-6-14-27-24)29-26(30)32-17-21-8-5-7-18(2)15-21/h5-15,19H,4,16-17H2,1-3H3,(H,28,31)/t19-/m1/s1. The van der Waals surface area contributed by atoms with E-state index in [2.05, 4.69) is 53.0 Å². The van der Waals surface area contributed by atoms with E-state index >= 15 is 0 Å². The molecule has 32 heavy (non-hydrogen) atoms. The van der Waals surface area contributed by atoms with Gasteiger partial charge in [0.25, 0.3) is 5.91 Å². The number of aromatic nitrogens is 3. The summed E-state index contributed by atoms with van der Waals surface area (Å²) in [7, 11) is 0. The van der Waals surface area contributed by atoms with Crippen molar-refractivity contribution >= 4 is 28.8 Å². The number of aryl methyl sites for hydroxylation is 1. The van der Waals surface area contributed by atoms with Crippen molar-refractivity contribution in [2.75, 3.05) is 0 Å². The van der Waals surface area contributed by atoms with E-state index in [1.165, 1.54) is 11.1 Å². The minimum Gasteiger partial charge on any atom is -0.350 e. The topological polar surface area (TPSA) is 59.8 Å². The maximum absolute atomic E-state index is 12.4. The summed E-state index contributed by atoms with van der Waals surface area (Å²) in [4.78, 5) is 21.8. The minimum absolute atomic E-state index is 0.0324. The van der Waals surface area contributed by atoms with E-state index in [4.69, 9.17) is 4.98 Å². The van der Waals surface area contributed by atoms with Crippen molar-refractivity contribution in [1.82, 2.24) is 19.9 Å². The Hall–Kier alpha value is -3.12. The van der Waals surface area contributed by atoms with Crippen LogP contribution in [-0.2, 0) is 12.3 Å². The molecule has 1 amide bonds. The van der Waals surface area contributed by atoms with Gasteiger partial charge < -0.3 is 5.32 Å². The highest BCUT2D eigenvalue weighted by atomic mass is 32.2. The maximum Gasteiger partial charge on any atom is 0.251 e. The highest BCUT2D eigenvalue weighted by molar-refractivity contribution is 7.98.